The van der Waals surface area contributed by atoms with Crippen molar-refractivity contribution < 1.29 is 9.53 Å². The molecule has 1 amide bonds. The molecule has 126 valence electrons. The summed E-state index contributed by atoms with van der Waals surface area (Å²) in [6, 6.07) is 3.40. The smallest absolute Gasteiger partial charge is 0.254 e. The molecule has 1 aromatic heterocycles. The first-order valence-electron chi connectivity index (χ1n) is 8.65. The fraction of sp³-hybridized carbons (Fsp3) is 0.667. The van der Waals surface area contributed by atoms with Crippen LogP contribution < -0.4 is 10.3 Å². The first-order valence-corrected chi connectivity index (χ1v) is 8.65. The Kier molecular flexibility index (Phi) is 4.74. The zero-order valence-electron chi connectivity index (χ0n) is 14.1. The number of hydrogen-bond acceptors (Lipinski definition) is 3. The van der Waals surface area contributed by atoms with Gasteiger partial charge < -0.3 is 14.2 Å². The summed E-state index contributed by atoms with van der Waals surface area (Å²) in [7, 11) is 1.75. The quantitative estimate of drug-likeness (QED) is 0.855. The molecule has 0 aromatic carbocycles. The van der Waals surface area contributed by atoms with Gasteiger partial charge in [-0.1, -0.05) is 12.8 Å². The van der Waals surface area contributed by atoms with Crippen molar-refractivity contribution >= 4 is 5.91 Å². The van der Waals surface area contributed by atoms with E-state index in [4.69, 9.17) is 4.74 Å². The lowest BCUT2D eigenvalue weighted by Gasteiger charge is -2.19. The fourth-order valence-corrected chi connectivity index (χ4v) is 3.64. The van der Waals surface area contributed by atoms with E-state index in [1.165, 1.54) is 31.7 Å². The number of aromatic nitrogens is 1. The monoisotopic (exact) mass is 318 g/mol. The molecule has 2 aliphatic rings. The molecule has 0 radical (unpaired) electrons. The van der Waals surface area contributed by atoms with Gasteiger partial charge in [0.1, 0.15) is 11.9 Å². The van der Waals surface area contributed by atoms with Crippen molar-refractivity contribution in [3.8, 4) is 5.75 Å². The van der Waals surface area contributed by atoms with Gasteiger partial charge in [-0.15, -0.1) is 0 Å². The van der Waals surface area contributed by atoms with Crippen molar-refractivity contribution in [3.63, 3.8) is 0 Å². The van der Waals surface area contributed by atoms with Gasteiger partial charge >= 0.3 is 0 Å². The van der Waals surface area contributed by atoms with Crippen molar-refractivity contribution in [2.24, 2.45) is 13.0 Å². The van der Waals surface area contributed by atoms with Gasteiger partial charge in [-0.3, -0.25) is 9.59 Å². The molecule has 1 aliphatic carbocycles. The van der Waals surface area contributed by atoms with Crippen LogP contribution in [0.5, 0.6) is 5.75 Å². The second kappa shape index (κ2) is 6.77. The second-order valence-electron chi connectivity index (χ2n) is 6.95. The number of likely N-dealkylation sites (tertiary alicyclic amines) is 1. The number of rotatable bonds is 4. The lowest BCUT2D eigenvalue weighted by atomic mass is 10.0. The maximum absolute atomic E-state index is 12.4. The Morgan fingerprint density at radius 1 is 1.26 bits per heavy atom. The van der Waals surface area contributed by atoms with Crippen LogP contribution in [0, 0.1) is 12.8 Å². The first-order chi connectivity index (χ1) is 11.0. The molecule has 0 spiro atoms. The molecule has 0 N–H and O–H groups in total. The zero-order valence-corrected chi connectivity index (χ0v) is 14.1. The zero-order chi connectivity index (χ0) is 16.4. The third-order valence-corrected chi connectivity index (χ3v) is 5.22. The summed E-state index contributed by atoms with van der Waals surface area (Å²) in [4.78, 5) is 26.1. The van der Waals surface area contributed by atoms with Gasteiger partial charge in [0.05, 0.1) is 6.54 Å². The third-order valence-electron chi connectivity index (χ3n) is 5.22. The summed E-state index contributed by atoms with van der Waals surface area (Å²) in [5.41, 5.74) is 0.812. The standard InChI is InChI=1S/C18H26N2O3/c1-13-9-16(11-17(21)19(13)2)23-15-7-8-20(12-15)18(22)10-14-5-3-4-6-14/h9,11,14-15H,3-8,10,12H2,1-2H3. The van der Waals surface area contributed by atoms with Crippen LogP contribution in [0.3, 0.4) is 0 Å². The van der Waals surface area contributed by atoms with E-state index in [0.29, 0.717) is 24.6 Å². The minimum atomic E-state index is -0.0628. The van der Waals surface area contributed by atoms with Crippen molar-refractivity contribution in [2.75, 3.05) is 13.1 Å². The van der Waals surface area contributed by atoms with E-state index in [9.17, 15) is 9.59 Å². The fourth-order valence-electron chi connectivity index (χ4n) is 3.64. The number of carbonyl (C=O) groups is 1. The lowest BCUT2D eigenvalue weighted by molar-refractivity contribution is -0.131. The molecule has 0 bridgehead atoms. The van der Waals surface area contributed by atoms with Crippen molar-refractivity contribution in [3.05, 3.63) is 28.2 Å². The molecule has 2 heterocycles. The van der Waals surface area contributed by atoms with E-state index in [-0.39, 0.29) is 17.6 Å². The average Bonchev–Trinajstić information content (AvgIpc) is 3.16. The van der Waals surface area contributed by atoms with Crippen LogP contribution in [-0.4, -0.2) is 34.6 Å². The molecule has 1 unspecified atom stereocenters. The summed E-state index contributed by atoms with van der Waals surface area (Å²) in [6.45, 7) is 3.29. The molecule has 5 heteroatoms. The Labute approximate surface area is 137 Å². The summed E-state index contributed by atoms with van der Waals surface area (Å²) in [5.74, 6) is 1.46. The van der Waals surface area contributed by atoms with Crippen LogP contribution in [0.2, 0.25) is 0 Å². The van der Waals surface area contributed by atoms with E-state index < -0.39 is 0 Å². The van der Waals surface area contributed by atoms with E-state index in [0.717, 1.165) is 18.7 Å². The van der Waals surface area contributed by atoms with Gasteiger partial charge in [-0.25, -0.2) is 0 Å². The SMILES string of the molecule is Cc1cc(OC2CCN(C(=O)CC3CCCC3)C2)cc(=O)n1C. The summed E-state index contributed by atoms with van der Waals surface area (Å²) >= 11 is 0. The molecule has 2 fully saturated rings. The maximum Gasteiger partial charge on any atom is 0.254 e. The number of amides is 1. The highest BCUT2D eigenvalue weighted by Crippen LogP contribution is 2.29. The van der Waals surface area contributed by atoms with Gasteiger partial charge in [-0.2, -0.15) is 0 Å². The molecular weight excluding hydrogens is 292 g/mol. The van der Waals surface area contributed by atoms with Crippen LogP contribution >= 0.6 is 0 Å². The van der Waals surface area contributed by atoms with Gasteiger partial charge in [0, 0.05) is 38.2 Å². The number of aryl methyl sites for hydroxylation is 1. The van der Waals surface area contributed by atoms with E-state index >= 15 is 0 Å². The van der Waals surface area contributed by atoms with E-state index in [2.05, 4.69) is 0 Å². The molecule has 1 atom stereocenters. The van der Waals surface area contributed by atoms with Crippen molar-refractivity contribution in [1.29, 1.82) is 0 Å². The number of ether oxygens (including phenoxy) is 1. The number of pyridine rings is 1. The van der Waals surface area contributed by atoms with Crippen LogP contribution in [0.15, 0.2) is 16.9 Å². The maximum atomic E-state index is 12.4. The minimum Gasteiger partial charge on any atom is -0.488 e. The summed E-state index contributed by atoms with van der Waals surface area (Å²) < 4.78 is 7.53. The molecule has 3 rings (SSSR count). The predicted octanol–water partition coefficient (Wildman–Crippen LogP) is 2.25. The Morgan fingerprint density at radius 3 is 2.70 bits per heavy atom. The number of hydrogen-bond donors (Lipinski definition) is 0. The van der Waals surface area contributed by atoms with Crippen molar-refractivity contribution in [1.82, 2.24) is 9.47 Å². The highest BCUT2D eigenvalue weighted by molar-refractivity contribution is 5.76. The highest BCUT2D eigenvalue weighted by Gasteiger charge is 2.29. The van der Waals surface area contributed by atoms with Gasteiger partial charge in [-0.05, 0) is 31.7 Å². The molecule has 23 heavy (non-hydrogen) atoms. The van der Waals surface area contributed by atoms with Crippen LogP contribution in [-0.2, 0) is 11.8 Å². The summed E-state index contributed by atoms with van der Waals surface area (Å²) in [5, 5.41) is 0. The molecule has 1 saturated carbocycles. The molecular formula is C18H26N2O3. The topological polar surface area (TPSA) is 51.5 Å². The highest BCUT2D eigenvalue weighted by atomic mass is 16.5. The molecule has 1 aromatic rings. The van der Waals surface area contributed by atoms with Crippen LogP contribution in [0.1, 0.15) is 44.2 Å². The molecule has 5 nitrogen and oxygen atoms in total. The molecule has 1 aliphatic heterocycles. The predicted molar refractivity (Wildman–Crippen MR) is 88.6 cm³/mol. The van der Waals surface area contributed by atoms with Crippen LogP contribution in [0.25, 0.3) is 0 Å². The van der Waals surface area contributed by atoms with Gasteiger partial charge in [0.25, 0.3) is 5.56 Å². The Balaban J connectivity index is 1.55. The normalized spacial score (nSPS) is 21.8. The summed E-state index contributed by atoms with van der Waals surface area (Å²) in [6.07, 6.45) is 6.47. The van der Waals surface area contributed by atoms with Gasteiger partial charge in [0.2, 0.25) is 5.91 Å². The average molecular weight is 318 g/mol. The van der Waals surface area contributed by atoms with E-state index in [1.54, 1.807) is 11.6 Å². The van der Waals surface area contributed by atoms with E-state index in [1.807, 2.05) is 17.9 Å². The third kappa shape index (κ3) is 3.77. The van der Waals surface area contributed by atoms with Crippen molar-refractivity contribution in [2.45, 2.75) is 51.6 Å². The molecule has 1 saturated heterocycles. The number of carbonyl (C=O) groups excluding carboxylic acids is 1. The lowest BCUT2D eigenvalue weighted by Crippen LogP contribution is -2.32. The second-order valence-corrected chi connectivity index (χ2v) is 6.95. The van der Waals surface area contributed by atoms with Crippen LogP contribution in [0.4, 0.5) is 0 Å². The Morgan fingerprint density at radius 2 is 2.00 bits per heavy atom. The first kappa shape index (κ1) is 16.1. The Hall–Kier alpha value is -1.78. The Bertz CT molecular complexity index is 632. The number of nitrogens with zero attached hydrogens (tertiary/aromatic N) is 2. The largest absolute Gasteiger partial charge is 0.488 e. The van der Waals surface area contributed by atoms with Gasteiger partial charge in [0.15, 0.2) is 0 Å². The minimum absolute atomic E-state index is 0.00552.